The van der Waals surface area contributed by atoms with Crippen LogP contribution in [-0.2, 0) is 0 Å². The molecule has 2 nitrogen and oxygen atoms in total. The van der Waals surface area contributed by atoms with Crippen LogP contribution in [0, 0.1) is 17.5 Å². The summed E-state index contributed by atoms with van der Waals surface area (Å²) in [7, 11) is 1.35. The minimum absolute atomic E-state index is 0.0842. The Morgan fingerprint density at radius 2 is 1.59 bits per heavy atom. The molecule has 3 rings (SSSR count). The quantitative estimate of drug-likeness (QED) is 0.747. The van der Waals surface area contributed by atoms with Crippen molar-refractivity contribution in [3.8, 4) is 22.6 Å². The first kappa shape index (κ1) is 14.3. The van der Waals surface area contributed by atoms with Crippen molar-refractivity contribution in [1.29, 1.82) is 0 Å². The van der Waals surface area contributed by atoms with Gasteiger partial charge in [0.1, 0.15) is 5.82 Å². The van der Waals surface area contributed by atoms with Crippen LogP contribution in [0.25, 0.3) is 21.9 Å². The second kappa shape index (κ2) is 5.26. The van der Waals surface area contributed by atoms with E-state index in [1.54, 1.807) is 6.07 Å². The summed E-state index contributed by atoms with van der Waals surface area (Å²) in [5, 5.41) is 9.30. The van der Waals surface area contributed by atoms with Crippen molar-refractivity contribution in [2.45, 2.75) is 0 Å². The molecule has 1 N–H and O–H groups in total. The highest BCUT2D eigenvalue weighted by Gasteiger charge is 2.14. The predicted molar refractivity (Wildman–Crippen MR) is 77.5 cm³/mol. The molecule has 0 spiro atoms. The Hall–Kier alpha value is -2.69. The van der Waals surface area contributed by atoms with Crippen LogP contribution in [0.2, 0.25) is 0 Å². The Morgan fingerprint density at radius 1 is 0.864 bits per heavy atom. The van der Waals surface area contributed by atoms with Gasteiger partial charge >= 0.3 is 0 Å². The van der Waals surface area contributed by atoms with Crippen LogP contribution < -0.4 is 4.74 Å². The maximum absolute atomic E-state index is 14.1. The SMILES string of the molecule is COc1ccc(-c2cc(F)c3c(F)c(O)ccc3c2)cc1F. The molecule has 0 aromatic heterocycles. The molecule has 0 aliphatic heterocycles. The van der Waals surface area contributed by atoms with E-state index in [9.17, 15) is 18.3 Å². The van der Waals surface area contributed by atoms with E-state index in [2.05, 4.69) is 0 Å². The summed E-state index contributed by atoms with van der Waals surface area (Å²) in [6.07, 6.45) is 0. The number of hydrogen-bond acceptors (Lipinski definition) is 2. The largest absolute Gasteiger partial charge is 0.505 e. The van der Waals surface area contributed by atoms with Gasteiger partial charge in [-0.15, -0.1) is 0 Å². The fraction of sp³-hybridized carbons (Fsp3) is 0.0588. The molecule has 0 heterocycles. The topological polar surface area (TPSA) is 29.5 Å². The first-order chi connectivity index (χ1) is 10.5. The Bertz CT molecular complexity index is 875. The summed E-state index contributed by atoms with van der Waals surface area (Å²) in [4.78, 5) is 0. The van der Waals surface area contributed by atoms with Crippen LogP contribution in [0.15, 0.2) is 42.5 Å². The number of rotatable bonds is 2. The average Bonchev–Trinajstić information content (AvgIpc) is 2.50. The molecule has 0 aliphatic carbocycles. The molecule has 3 aromatic rings. The van der Waals surface area contributed by atoms with E-state index in [-0.39, 0.29) is 16.5 Å². The van der Waals surface area contributed by atoms with Crippen LogP contribution in [0.5, 0.6) is 11.5 Å². The molecular formula is C17H11F3O2. The Morgan fingerprint density at radius 3 is 2.27 bits per heavy atom. The molecule has 0 saturated carbocycles. The molecule has 22 heavy (non-hydrogen) atoms. The second-order valence-corrected chi connectivity index (χ2v) is 4.80. The highest BCUT2D eigenvalue weighted by atomic mass is 19.1. The predicted octanol–water partition coefficient (Wildman–Crippen LogP) is 4.64. The lowest BCUT2D eigenvalue weighted by Crippen LogP contribution is -1.91. The van der Waals surface area contributed by atoms with Crippen molar-refractivity contribution >= 4 is 10.8 Å². The van der Waals surface area contributed by atoms with Crippen molar-refractivity contribution in [1.82, 2.24) is 0 Å². The van der Waals surface area contributed by atoms with E-state index in [0.29, 0.717) is 11.1 Å². The Balaban J connectivity index is 2.21. The normalized spacial score (nSPS) is 10.9. The highest BCUT2D eigenvalue weighted by molar-refractivity contribution is 5.89. The minimum atomic E-state index is -1.01. The third-order valence-corrected chi connectivity index (χ3v) is 3.47. The molecule has 3 aromatic carbocycles. The van der Waals surface area contributed by atoms with E-state index in [0.717, 1.165) is 12.1 Å². The summed E-state index contributed by atoms with van der Waals surface area (Å²) in [6, 6.07) is 9.42. The number of phenols is 1. The number of halogens is 3. The lowest BCUT2D eigenvalue weighted by atomic mass is 10.00. The van der Waals surface area contributed by atoms with Crippen molar-refractivity contribution in [3.05, 3.63) is 59.9 Å². The van der Waals surface area contributed by atoms with Gasteiger partial charge < -0.3 is 9.84 Å². The van der Waals surface area contributed by atoms with E-state index in [1.165, 1.54) is 31.4 Å². The standard InChI is InChI=1S/C17H11F3O2/c1-22-15-5-3-9(7-12(15)18)11-6-10-2-4-14(21)17(20)16(10)13(19)8-11/h2-8,21H,1H3. The highest BCUT2D eigenvalue weighted by Crippen LogP contribution is 2.33. The Kier molecular flexibility index (Phi) is 3.41. The van der Waals surface area contributed by atoms with Crippen LogP contribution in [-0.4, -0.2) is 12.2 Å². The summed E-state index contributed by atoms with van der Waals surface area (Å²) in [5.41, 5.74) is 0.837. The van der Waals surface area contributed by atoms with Gasteiger partial charge in [-0.25, -0.2) is 13.2 Å². The maximum Gasteiger partial charge on any atom is 0.175 e. The molecule has 0 radical (unpaired) electrons. The van der Waals surface area contributed by atoms with E-state index >= 15 is 0 Å². The van der Waals surface area contributed by atoms with Gasteiger partial charge in [0.05, 0.1) is 12.5 Å². The number of methoxy groups -OCH3 is 1. The van der Waals surface area contributed by atoms with Crippen LogP contribution in [0.4, 0.5) is 13.2 Å². The zero-order valence-electron chi connectivity index (χ0n) is 11.5. The monoisotopic (exact) mass is 304 g/mol. The number of hydrogen-bond donors (Lipinski definition) is 1. The third-order valence-electron chi connectivity index (χ3n) is 3.47. The maximum atomic E-state index is 14.1. The van der Waals surface area contributed by atoms with Crippen molar-refractivity contribution < 1.29 is 23.0 Å². The molecule has 0 atom stereocenters. The smallest absolute Gasteiger partial charge is 0.175 e. The van der Waals surface area contributed by atoms with Gasteiger partial charge in [0.2, 0.25) is 0 Å². The molecular weight excluding hydrogens is 293 g/mol. The fourth-order valence-electron chi connectivity index (χ4n) is 2.37. The first-order valence-electron chi connectivity index (χ1n) is 6.46. The van der Waals surface area contributed by atoms with Crippen LogP contribution in [0.1, 0.15) is 0 Å². The van der Waals surface area contributed by atoms with Gasteiger partial charge in [-0.3, -0.25) is 0 Å². The lowest BCUT2D eigenvalue weighted by molar-refractivity contribution is 0.386. The number of aromatic hydroxyl groups is 1. The Labute approximate surface area is 124 Å². The number of ether oxygens (including phenoxy) is 1. The molecule has 0 fully saturated rings. The number of fused-ring (bicyclic) bond motifs is 1. The summed E-state index contributed by atoms with van der Waals surface area (Å²) < 4.78 is 46.5. The lowest BCUT2D eigenvalue weighted by Gasteiger charge is -2.09. The molecule has 5 heteroatoms. The zero-order valence-corrected chi connectivity index (χ0v) is 11.5. The van der Waals surface area contributed by atoms with Crippen LogP contribution >= 0.6 is 0 Å². The van der Waals surface area contributed by atoms with Gasteiger partial charge in [-0.2, -0.15) is 0 Å². The van der Waals surface area contributed by atoms with Gasteiger partial charge in [0.25, 0.3) is 0 Å². The van der Waals surface area contributed by atoms with Gasteiger partial charge in [0.15, 0.2) is 23.1 Å². The van der Waals surface area contributed by atoms with Gasteiger partial charge in [0, 0.05) is 0 Å². The minimum Gasteiger partial charge on any atom is -0.505 e. The van der Waals surface area contributed by atoms with Crippen molar-refractivity contribution in [3.63, 3.8) is 0 Å². The first-order valence-corrected chi connectivity index (χ1v) is 6.46. The third kappa shape index (κ3) is 2.24. The van der Waals surface area contributed by atoms with Gasteiger partial charge in [-0.05, 0) is 46.8 Å². The number of benzene rings is 3. The average molecular weight is 304 g/mol. The fourth-order valence-corrected chi connectivity index (χ4v) is 2.37. The number of phenolic OH excluding ortho intramolecular Hbond substituents is 1. The van der Waals surface area contributed by atoms with E-state index in [4.69, 9.17) is 4.74 Å². The summed E-state index contributed by atoms with van der Waals surface area (Å²) in [6.45, 7) is 0. The molecule has 0 unspecified atom stereocenters. The zero-order chi connectivity index (χ0) is 15.9. The van der Waals surface area contributed by atoms with Crippen molar-refractivity contribution in [2.24, 2.45) is 0 Å². The molecule has 0 aliphatic rings. The second-order valence-electron chi connectivity index (χ2n) is 4.80. The molecule has 0 amide bonds. The molecule has 0 saturated heterocycles. The van der Waals surface area contributed by atoms with E-state index in [1.807, 2.05) is 0 Å². The molecule has 112 valence electrons. The summed E-state index contributed by atoms with van der Waals surface area (Å²) in [5.74, 6) is -2.94. The van der Waals surface area contributed by atoms with E-state index < -0.39 is 23.2 Å². The van der Waals surface area contributed by atoms with Crippen molar-refractivity contribution in [2.75, 3.05) is 7.11 Å². The van der Waals surface area contributed by atoms with Crippen LogP contribution in [0.3, 0.4) is 0 Å². The molecule has 0 bridgehead atoms. The van der Waals surface area contributed by atoms with Gasteiger partial charge in [-0.1, -0.05) is 12.1 Å². The summed E-state index contributed by atoms with van der Waals surface area (Å²) >= 11 is 0.